The molecular weight excluding hydrogens is 661 g/mol. The number of pyridine rings is 1. The number of nitrogens with one attached hydrogen (secondary N) is 1. The Labute approximate surface area is 260 Å². The minimum absolute atomic E-state index is 0.0565. The van der Waals surface area contributed by atoms with E-state index in [-0.39, 0.29) is 46.9 Å². The van der Waals surface area contributed by atoms with Crippen LogP contribution in [0.1, 0.15) is 49.9 Å². The highest BCUT2D eigenvalue weighted by Gasteiger charge is 2.59. The highest BCUT2D eigenvalue weighted by Crippen LogP contribution is 2.53. The normalized spacial score (nSPS) is 17.7. The molecule has 0 fully saturated rings. The molecule has 1 N–H and O–H groups in total. The Morgan fingerprint density at radius 2 is 1.61 bits per heavy atom. The number of aliphatic imine (C=N–C) groups is 1. The van der Waals surface area contributed by atoms with E-state index in [4.69, 9.17) is 11.6 Å². The first-order valence-corrected chi connectivity index (χ1v) is 13.2. The third kappa shape index (κ3) is 9.37. The molecule has 252 valence electrons. The topological polar surface area (TPSA) is 115 Å². The van der Waals surface area contributed by atoms with Crippen molar-refractivity contribution in [3.05, 3.63) is 58.9 Å². The van der Waals surface area contributed by atoms with Crippen molar-refractivity contribution < 1.29 is 44.3 Å². The summed E-state index contributed by atoms with van der Waals surface area (Å²) in [5.74, 6) is -1.18. The largest absolute Gasteiger partial charge is 0.420 e. The standard InChI is InChI=1S/C12H9ClF3N3O.C9H8F3N5.C3H7N.C2H3F3/c1-11(12(14,15)16)3-6(5-20)7-4-17-9-2-8(13)18-19(9)10(7)11;1-13-6-4-7(9(10,11)12)8(14-5-6)17-15-2-3-16-17;1-3-4-2;1-2(3,4)5/h2,4-6H,3H2,1H3;2-5,13H,1H3;3H,1-2H3;1H3/t6-,11+;;;/m0.../s1. The monoisotopic (exact) mass is 687 g/mol. The van der Waals surface area contributed by atoms with Gasteiger partial charge in [-0.05, 0) is 32.5 Å². The molecule has 46 heavy (non-hydrogen) atoms. The zero-order chi connectivity index (χ0) is 35.1. The lowest BCUT2D eigenvalue weighted by atomic mass is 9.85. The third-order valence-electron chi connectivity index (χ3n) is 6.15. The fraction of sp³-hybridized carbons (Fsp3) is 0.423. The van der Waals surface area contributed by atoms with Crippen LogP contribution in [0.25, 0.3) is 11.5 Å². The number of halogens is 10. The number of alkyl halides is 9. The van der Waals surface area contributed by atoms with Gasteiger partial charge in [0, 0.05) is 44.8 Å². The first-order valence-electron chi connectivity index (χ1n) is 12.8. The smallest absolute Gasteiger partial charge is 0.387 e. The zero-order valence-electron chi connectivity index (χ0n) is 24.7. The lowest BCUT2D eigenvalue weighted by Crippen LogP contribution is -2.39. The predicted molar refractivity (Wildman–Crippen MR) is 150 cm³/mol. The maximum atomic E-state index is 13.5. The van der Waals surface area contributed by atoms with Crippen LogP contribution >= 0.6 is 11.6 Å². The van der Waals surface area contributed by atoms with Crippen molar-refractivity contribution in [1.82, 2.24) is 34.6 Å². The number of fused-ring (bicyclic) bond motifs is 3. The second-order valence-electron chi connectivity index (χ2n) is 9.53. The minimum Gasteiger partial charge on any atom is -0.387 e. The highest BCUT2D eigenvalue weighted by molar-refractivity contribution is 6.29. The van der Waals surface area contributed by atoms with E-state index in [2.05, 4.69) is 35.6 Å². The van der Waals surface area contributed by atoms with E-state index in [1.54, 1.807) is 13.3 Å². The van der Waals surface area contributed by atoms with Crippen molar-refractivity contribution in [2.75, 3.05) is 19.4 Å². The molecule has 1 aliphatic rings. The van der Waals surface area contributed by atoms with Crippen molar-refractivity contribution in [3.8, 4) is 5.82 Å². The molecule has 1 aliphatic carbocycles. The van der Waals surface area contributed by atoms with E-state index in [9.17, 15) is 44.3 Å². The predicted octanol–water partition coefficient (Wildman–Crippen LogP) is 6.89. The average Bonchev–Trinajstić information content (AvgIpc) is 3.69. The summed E-state index contributed by atoms with van der Waals surface area (Å²) in [6, 6.07) is 2.35. The van der Waals surface area contributed by atoms with Crippen LogP contribution < -0.4 is 5.32 Å². The molecule has 0 saturated carbocycles. The molecular formula is C26H27ClF9N9O. The number of aldehydes is 1. The van der Waals surface area contributed by atoms with Crippen molar-refractivity contribution in [2.45, 2.75) is 57.1 Å². The van der Waals surface area contributed by atoms with Gasteiger partial charge in [0.15, 0.2) is 16.6 Å². The molecule has 0 unspecified atom stereocenters. The van der Waals surface area contributed by atoms with Gasteiger partial charge in [-0.1, -0.05) is 11.6 Å². The number of carbonyl (C=O) groups is 1. The van der Waals surface area contributed by atoms with Crippen molar-refractivity contribution in [3.63, 3.8) is 0 Å². The zero-order valence-corrected chi connectivity index (χ0v) is 25.4. The first kappa shape index (κ1) is 37.9. The van der Waals surface area contributed by atoms with E-state index in [1.165, 1.54) is 37.9 Å². The maximum Gasteiger partial charge on any atom is 0.420 e. The number of hydrogen-bond donors (Lipinski definition) is 1. The summed E-state index contributed by atoms with van der Waals surface area (Å²) >= 11 is 5.74. The molecule has 4 aromatic rings. The number of anilines is 1. The Morgan fingerprint density at radius 3 is 2.07 bits per heavy atom. The molecule has 0 saturated heterocycles. The lowest BCUT2D eigenvalue weighted by Gasteiger charge is -2.28. The number of hydrogen-bond acceptors (Lipinski definition) is 8. The van der Waals surface area contributed by atoms with Gasteiger partial charge in [0.05, 0.1) is 30.0 Å². The van der Waals surface area contributed by atoms with Gasteiger partial charge in [-0.15, -0.1) is 4.80 Å². The number of carbonyl (C=O) groups excluding carboxylic acids is 1. The molecule has 4 aromatic heterocycles. The van der Waals surface area contributed by atoms with Gasteiger partial charge < -0.3 is 15.1 Å². The molecule has 0 aromatic carbocycles. The van der Waals surface area contributed by atoms with Crippen LogP contribution in [0, 0.1) is 0 Å². The summed E-state index contributed by atoms with van der Waals surface area (Å²) in [7, 11) is 3.27. The van der Waals surface area contributed by atoms with Crippen molar-refractivity contribution >= 4 is 35.4 Å². The maximum absolute atomic E-state index is 13.5. The Balaban J connectivity index is 0.000000256. The van der Waals surface area contributed by atoms with E-state index in [0.717, 1.165) is 22.3 Å². The molecule has 0 radical (unpaired) electrons. The van der Waals surface area contributed by atoms with Gasteiger partial charge in [0.2, 0.25) is 0 Å². The van der Waals surface area contributed by atoms with Crippen LogP contribution in [-0.2, 0) is 16.4 Å². The Bertz CT molecular complexity index is 1610. The molecule has 4 heterocycles. The number of rotatable bonds is 3. The van der Waals surface area contributed by atoms with Gasteiger partial charge in [0.25, 0.3) is 0 Å². The summed E-state index contributed by atoms with van der Waals surface area (Å²) in [4.78, 5) is 23.2. The quantitative estimate of drug-likeness (QED) is 0.142. The number of aromatic nitrogens is 7. The van der Waals surface area contributed by atoms with E-state index in [0.29, 0.717) is 6.29 Å². The molecule has 0 spiro atoms. The van der Waals surface area contributed by atoms with Crippen LogP contribution in [0.4, 0.5) is 45.2 Å². The van der Waals surface area contributed by atoms with Crippen LogP contribution in [0.5, 0.6) is 0 Å². The number of nitrogens with zero attached hydrogens (tertiary/aromatic N) is 8. The molecule has 10 nitrogen and oxygen atoms in total. The van der Waals surface area contributed by atoms with E-state index < -0.39 is 35.4 Å². The SMILES string of the molecule is CC(F)(F)F.CC=NC.CNc1cnc(-n2nccn2)c(C(F)(F)F)c1.C[C@@]1(C(F)(F)F)C[C@@H](C=O)c2cnc3cc(Cl)nn3c21. The van der Waals surface area contributed by atoms with Gasteiger partial charge in [-0.3, -0.25) is 0 Å². The van der Waals surface area contributed by atoms with Gasteiger partial charge in [0.1, 0.15) is 17.3 Å². The fourth-order valence-electron chi connectivity index (χ4n) is 4.05. The van der Waals surface area contributed by atoms with Crippen LogP contribution in [0.15, 0.2) is 41.9 Å². The Kier molecular flexibility index (Phi) is 12.2. The molecule has 0 bridgehead atoms. The average molecular weight is 688 g/mol. The summed E-state index contributed by atoms with van der Waals surface area (Å²) in [5, 5.41) is 13.8. The second-order valence-corrected chi connectivity index (χ2v) is 9.92. The summed E-state index contributed by atoms with van der Waals surface area (Å²) in [5.41, 5.74) is -2.33. The molecule has 0 aliphatic heterocycles. The molecule has 5 rings (SSSR count). The third-order valence-corrected chi connectivity index (χ3v) is 6.33. The lowest BCUT2D eigenvalue weighted by molar-refractivity contribution is -0.187. The summed E-state index contributed by atoms with van der Waals surface area (Å²) in [6.07, 6.45) is -5.91. The Hall–Kier alpha value is -4.29. The fourth-order valence-corrected chi connectivity index (χ4v) is 4.22. The Morgan fingerprint density at radius 1 is 1.04 bits per heavy atom. The van der Waals surface area contributed by atoms with Crippen LogP contribution in [0.2, 0.25) is 5.15 Å². The van der Waals surface area contributed by atoms with Gasteiger partial charge in [-0.25, -0.2) is 14.5 Å². The van der Waals surface area contributed by atoms with Crippen molar-refractivity contribution in [1.29, 1.82) is 0 Å². The summed E-state index contributed by atoms with van der Waals surface area (Å²) < 4.78 is 111. The highest BCUT2D eigenvalue weighted by atomic mass is 35.5. The molecule has 0 amide bonds. The van der Waals surface area contributed by atoms with Crippen LogP contribution in [0.3, 0.4) is 0 Å². The van der Waals surface area contributed by atoms with Crippen molar-refractivity contribution in [2.24, 2.45) is 4.99 Å². The first-order chi connectivity index (χ1) is 21.2. The van der Waals surface area contributed by atoms with E-state index >= 15 is 0 Å². The second kappa shape index (κ2) is 14.9. The van der Waals surface area contributed by atoms with Gasteiger partial charge in [-0.2, -0.15) is 54.8 Å². The minimum atomic E-state index is -4.51. The summed E-state index contributed by atoms with van der Waals surface area (Å²) in [6.45, 7) is 3.15. The molecule has 2 atom stereocenters. The molecule has 20 heteroatoms. The van der Waals surface area contributed by atoms with E-state index in [1.807, 2.05) is 6.92 Å². The van der Waals surface area contributed by atoms with Crippen LogP contribution in [-0.4, -0.2) is 73.5 Å². The van der Waals surface area contributed by atoms with Gasteiger partial charge >= 0.3 is 18.5 Å².